The molecule has 5 rings (SSSR count). The molecule has 3 fully saturated rings. The van der Waals surface area contributed by atoms with Crippen LogP contribution in [0.5, 0.6) is 0 Å². The van der Waals surface area contributed by atoms with Gasteiger partial charge in [-0.3, -0.25) is 9.59 Å². The first-order valence-electron chi connectivity index (χ1n) is 9.29. The van der Waals surface area contributed by atoms with Crippen molar-refractivity contribution in [2.24, 2.45) is 0 Å². The molecule has 2 amide bonds. The van der Waals surface area contributed by atoms with Crippen LogP contribution in [0, 0.1) is 0 Å². The third-order valence-corrected chi connectivity index (χ3v) is 6.86. The van der Waals surface area contributed by atoms with Crippen LogP contribution < -0.4 is 20.9 Å². The number of thiophene rings is 1. The predicted octanol–water partition coefficient (Wildman–Crippen LogP) is 1.46. The third-order valence-electron chi connectivity index (χ3n) is 5.74. The van der Waals surface area contributed by atoms with Crippen LogP contribution >= 0.6 is 11.3 Å². The molecule has 0 unspecified atom stereocenters. The van der Waals surface area contributed by atoms with Gasteiger partial charge in [0, 0.05) is 41.5 Å². The first-order valence-corrected chi connectivity index (χ1v) is 10.1. The van der Waals surface area contributed by atoms with Gasteiger partial charge in [0.2, 0.25) is 5.91 Å². The zero-order valence-corrected chi connectivity index (χ0v) is 15.3. The van der Waals surface area contributed by atoms with E-state index in [2.05, 4.69) is 16.0 Å². The summed E-state index contributed by atoms with van der Waals surface area (Å²) in [4.78, 5) is 26.6. The number of carbonyl (C=O) groups excluding carboxylic acids is 2. The van der Waals surface area contributed by atoms with Gasteiger partial charge in [-0.1, -0.05) is 6.07 Å². The molecule has 3 aliphatic heterocycles. The minimum Gasteiger partial charge on any atom is -0.348 e. The zero-order valence-electron chi connectivity index (χ0n) is 14.5. The summed E-state index contributed by atoms with van der Waals surface area (Å²) in [6, 6.07) is 9.11. The molecular formula is C19H22N4O2S. The van der Waals surface area contributed by atoms with Crippen molar-refractivity contribution >= 4 is 38.2 Å². The van der Waals surface area contributed by atoms with E-state index in [9.17, 15) is 9.59 Å². The van der Waals surface area contributed by atoms with Crippen molar-refractivity contribution in [1.82, 2.24) is 16.0 Å². The Morgan fingerprint density at radius 2 is 2.19 bits per heavy atom. The lowest BCUT2D eigenvalue weighted by Crippen LogP contribution is -2.47. The molecule has 6 nitrogen and oxygen atoms in total. The molecule has 136 valence electrons. The van der Waals surface area contributed by atoms with E-state index < -0.39 is 0 Å². The smallest absolute Gasteiger partial charge is 0.251 e. The number of hydrogen-bond acceptors (Lipinski definition) is 5. The minimum atomic E-state index is -0.000510. The number of carbonyl (C=O) groups is 2. The average molecular weight is 370 g/mol. The molecule has 3 N–H and O–H groups in total. The Labute approximate surface area is 155 Å². The Hall–Kier alpha value is -1.96. The topological polar surface area (TPSA) is 73.5 Å². The van der Waals surface area contributed by atoms with E-state index in [0.717, 1.165) is 34.5 Å². The van der Waals surface area contributed by atoms with Crippen LogP contribution in [0.15, 0.2) is 24.3 Å². The van der Waals surface area contributed by atoms with Gasteiger partial charge in [-0.2, -0.15) is 0 Å². The number of fused-ring (bicyclic) bond motifs is 3. The summed E-state index contributed by atoms with van der Waals surface area (Å²) in [5, 5.41) is 11.9. The van der Waals surface area contributed by atoms with Gasteiger partial charge in [0.1, 0.15) is 0 Å². The highest BCUT2D eigenvalue weighted by molar-refractivity contribution is 7.23. The fourth-order valence-electron chi connectivity index (χ4n) is 4.37. The minimum absolute atomic E-state index is 0.000510. The van der Waals surface area contributed by atoms with Crippen LogP contribution in [0.2, 0.25) is 0 Å². The summed E-state index contributed by atoms with van der Waals surface area (Å²) in [5.41, 5.74) is 0.695. The Balaban J connectivity index is 1.36. The number of benzene rings is 1. The van der Waals surface area contributed by atoms with Gasteiger partial charge < -0.3 is 20.9 Å². The highest BCUT2D eigenvalue weighted by Crippen LogP contribution is 2.34. The monoisotopic (exact) mass is 370 g/mol. The number of piperazine rings is 1. The van der Waals surface area contributed by atoms with Crippen molar-refractivity contribution in [2.45, 2.75) is 37.4 Å². The maximum Gasteiger partial charge on any atom is 0.251 e. The van der Waals surface area contributed by atoms with Crippen LogP contribution in [0.3, 0.4) is 0 Å². The molecule has 3 aliphatic rings. The van der Waals surface area contributed by atoms with E-state index in [4.69, 9.17) is 0 Å². The molecular weight excluding hydrogens is 348 g/mol. The van der Waals surface area contributed by atoms with Crippen molar-refractivity contribution in [3.05, 3.63) is 29.8 Å². The maximum atomic E-state index is 12.7. The molecule has 2 aromatic rings. The summed E-state index contributed by atoms with van der Waals surface area (Å²) in [7, 11) is 0. The van der Waals surface area contributed by atoms with E-state index in [1.807, 2.05) is 29.2 Å². The molecule has 1 aromatic carbocycles. The first kappa shape index (κ1) is 16.2. The highest BCUT2D eigenvalue weighted by atomic mass is 32.1. The molecule has 0 spiro atoms. The van der Waals surface area contributed by atoms with Crippen molar-refractivity contribution in [1.29, 1.82) is 0 Å². The maximum absolute atomic E-state index is 12.7. The number of hydrogen-bond donors (Lipinski definition) is 3. The van der Waals surface area contributed by atoms with Gasteiger partial charge in [-0.25, -0.2) is 0 Å². The molecule has 26 heavy (non-hydrogen) atoms. The van der Waals surface area contributed by atoms with E-state index in [0.29, 0.717) is 30.7 Å². The number of anilines is 1. The molecule has 3 atom stereocenters. The van der Waals surface area contributed by atoms with Crippen molar-refractivity contribution in [2.75, 3.05) is 24.5 Å². The summed E-state index contributed by atoms with van der Waals surface area (Å²) in [6.07, 6.45) is 3.42. The SMILES string of the molecule is O=C(N[C@@H]1C[C@H]2CC[C@@H]1N2)c1ccc2cc(N3CCNCC3=O)sc2c1. The van der Waals surface area contributed by atoms with Crippen molar-refractivity contribution in [3.8, 4) is 0 Å². The van der Waals surface area contributed by atoms with Gasteiger partial charge in [0.25, 0.3) is 5.91 Å². The summed E-state index contributed by atoms with van der Waals surface area (Å²) in [6.45, 7) is 1.89. The first-order chi connectivity index (χ1) is 12.7. The van der Waals surface area contributed by atoms with Gasteiger partial charge in [0.05, 0.1) is 11.5 Å². The molecule has 7 heteroatoms. The number of nitrogens with zero attached hydrogens (tertiary/aromatic N) is 1. The van der Waals surface area contributed by atoms with Crippen LogP contribution in [0.25, 0.3) is 10.1 Å². The van der Waals surface area contributed by atoms with Crippen LogP contribution in [-0.2, 0) is 4.79 Å². The molecule has 3 saturated heterocycles. The largest absolute Gasteiger partial charge is 0.348 e. The lowest BCUT2D eigenvalue weighted by atomic mass is 9.95. The Morgan fingerprint density at radius 1 is 1.27 bits per heavy atom. The number of nitrogens with one attached hydrogen (secondary N) is 3. The van der Waals surface area contributed by atoms with Gasteiger partial charge in [-0.15, -0.1) is 11.3 Å². The standard InChI is InChI=1S/C19H22N4O2S/c24-17-10-20-5-6-23(17)18-8-11-1-2-12(7-16(11)26-18)19(25)22-15-9-13-3-4-14(15)21-13/h1-2,7-8,13-15,20-21H,3-6,9-10H2,(H,22,25)/t13-,14+,15-/m1/s1. The summed E-state index contributed by atoms with van der Waals surface area (Å²) in [5.74, 6) is 0.101. The second-order valence-corrected chi connectivity index (χ2v) is 8.48. The van der Waals surface area contributed by atoms with E-state index in [1.54, 1.807) is 11.3 Å². The molecule has 4 heterocycles. The van der Waals surface area contributed by atoms with E-state index >= 15 is 0 Å². The molecule has 2 bridgehead atoms. The average Bonchev–Trinajstić information content (AvgIpc) is 3.36. The second kappa shape index (κ2) is 6.33. The molecule has 0 aliphatic carbocycles. The van der Waals surface area contributed by atoms with E-state index in [-0.39, 0.29) is 17.9 Å². The lowest BCUT2D eigenvalue weighted by molar-refractivity contribution is -0.118. The van der Waals surface area contributed by atoms with E-state index in [1.165, 1.54) is 6.42 Å². The zero-order chi connectivity index (χ0) is 17.7. The van der Waals surface area contributed by atoms with Gasteiger partial charge >= 0.3 is 0 Å². The van der Waals surface area contributed by atoms with Crippen LogP contribution in [0.4, 0.5) is 5.00 Å². The summed E-state index contributed by atoms with van der Waals surface area (Å²) < 4.78 is 1.05. The number of amides is 2. The quantitative estimate of drug-likeness (QED) is 0.765. The predicted molar refractivity (Wildman–Crippen MR) is 103 cm³/mol. The normalized spacial score (nSPS) is 28.1. The van der Waals surface area contributed by atoms with Crippen LogP contribution in [0.1, 0.15) is 29.6 Å². The van der Waals surface area contributed by atoms with Gasteiger partial charge in [0.15, 0.2) is 0 Å². The van der Waals surface area contributed by atoms with Gasteiger partial charge in [-0.05, 0) is 42.8 Å². The van der Waals surface area contributed by atoms with Crippen LogP contribution in [-0.4, -0.2) is 49.6 Å². The fraction of sp³-hybridized carbons (Fsp3) is 0.474. The third kappa shape index (κ3) is 2.80. The molecule has 1 aromatic heterocycles. The lowest BCUT2D eigenvalue weighted by Gasteiger charge is -2.25. The fourth-order valence-corrected chi connectivity index (χ4v) is 5.51. The Bertz CT molecular complexity index is 880. The van der Waals surface area contributed by atoms with Crippen molar-refractivity contribution < 1.29 is 9.59 Å². The van der Waals surface area contributed by atoms with Crippen molar-refractivity contribution in [3.63, 3.8) is 0 Å². The summed E-state index contributed by atoms with van der Waals surface area (Å²) >= 11 is 1.58. The Kier molecular flexibility index (Phi) is 3.95. The number of rotatable bonds is 3. The molecule has 0 radical (unpaired) electrons. The Morgan fingerprint density at radius 3 is 2.96 bits per heavy atom. The highest BCUT2D eigenvalue weighted by Gasteiger charge is 2.39. The molecule has 0 saturated carbocycles. The second-order valence-electron chi connectivity index (χ2n) is 7.42.